The highest BCUT2D eigenvalue weighted by molar-refractivity contribution is 7.88. The van der Waals surface area contributed by atoms with Crippen molar-refractivity contribution in [1.29, 1.82) is 0 Å². The predicted octanol–water partition coefficient (Wildman–Crippen LogP) is -1.28. The molecule has 22 heavy (non-hydrogen) atoms. The highest BCUT2D eigenvalue weighted by Gasteiger charge is 2.30. The second-order valence-electron chi connectivity index (χ2n) is 5.90. The fraction of sp³-hybridized carbons (Fsp3) is 0.846. The van der Waals surface area contributed by atoms with Crippen molar-refractivity contribution in [2.75, 3.05) is 32.4 Å². The zero-order valence-corrected chi connectivity index (χ0v) is 13.8. The maximum absolute atomic E-state index is 12.1. The molecule has 9 heteroatoms. The van der Waals surface area contributed by atoms with Crippen LogP contribution in [0.15, 0.2) is 4.99 Å². The molecule has 0 aliphatic carbocycles. The minimum Gasteiger partial charge on any atom is -0.341 e. The first-order chi connectivity index (χ1) is 10.3. The molecule has 126 valence electrons. The number of amides is 1. The number of hydrogen-bond donors (Lipinski definition) is 2. The first-order valence-electron chi connectivity index (χ1n) is 7.62. The number of aliphatic imine (C=N–C) groups is 1. The van der Waals surface area contributed by atoms with Gasteiger partial charge in [-0.25, -0.2) is 8.42 Å². The van der Waals surface area contributed by atoms with E-state index in [9.17, 15) is 13.2 Å². The molecular formula is C13H25N5O3S. The van der Waals surface area contributed by atoms with E-state index >= 15 is 0 Å². The van der Waals surface area contributed by atoms with Crippen LogP contribution in [0.25, 0.3) is 0 Å². The number of nitrogens with zero attached hydrogens (tertiary/aromatic N) is 3. The van der Waals surface area contributed by atoms with Crippen molar-refractivity contribution in [3.63, 3.8) is 0 Å². The Morgan fingerprint density at radius 1 is 1.23 bits per heavy atom. The van der Waals surface area contributed by atoms with Crippen LogP contribution in [0, 0.1) is 0 Å². The van der Waals surface area contributed by atoms with Crippen LogP contribution in [0.1, 0.15) is 25.7 Å². The Labute approximate surface area is 131 Å². The Kier molecular flexibility index (Phi) is 5.41. The second kappa shape index (κ2) is 6.93. The van der Waals surface area contributed by atoms with E-state index in [4.69, 9.17) is 11.5 Å². The van der Waals surface area contributed by atoms with Crippen LogP contribution in [0.3, 0.4) is 0 Å². The molecule has 1 saturated heterocycles. The topological polar surface area (TPSA) is 122 Å². The quantitative estimate of drug-likeness (QED) is 0.627. The summed E-state index contributed by atoms with van der Waals surface area (Å²) < 4.78 is 24.6. The average Bonchev–Trinajstić information content (AvgIpc) is 3.12. The van der Waals surface area contributed by atoms with Gasteiger partial charge in [-0.1, -0.05) is 0 Å². The number of carbonyl (C=O) groups excluding carboxylic acids is 1. The lowest BCUT2D eigenvalue weighted by atomic mass is 10.1. The Bertz CT molecular complexity index is 542. The molecule has 0 aromatic carbocycles. The van der Waals surface area contributed by atoms with E-state index in [1.807, 2.05) is 0 Å². The van der Waals surface area contributed by atoms with Gasteiger partial charge in [0.2, 0.25) is 15.9 Å². The molecule has 0 saturated carbocycles. The molecule has 4 N–H and O–H groups in total. The van der Waals surface area contributed by atoms with Gasteiger partial charge < -0.3 is 16.4 Å². The zero-order valence-electron chi connectivity index (χ0n) is 12.9. The molecule has 2 heterocycles. The number of rotatable bonds is 6. The number of amidine groups is 1. The third-order valence-electron chi connectivity index (χ3n) is 4.09. The van der Waals surface area contributed by atoms with Crippen molar-refractivity contribution >= 4 is 21.8 Å². The summed E-state index contributed by atoms with van der Waals surface area (Å²) in [7, 11) is -3.35. The van der Waals surface area contributed by atoms with E-state index in [0.717, 1.165) is 32.2 Å². The van der Waals surface area contributed by atoms with Gasteiger partial charge in [0.25, 0.3) is 0 Å². The summed E-state index contributed by atoms with van der Waals surface area (Å²) in [6, 6.07) is -1.10. The lowest BCUT2D eigenvalue weighted by Gasteiger charge is -2.24. The highest BCUT2D eigenvalue weighted by atomic mass is 32.2. The molecular weight excluding hydrogens is 306 g/mol. The summed E-state index contributed by atoms with van der Waals surface area (Å²) in [5, 5.41) is 0. The summed E-state index contributed by atoms with van der Waals surface area (Å²) in [6.45, 7) is 2.30. The van der Waals surface area contributed by atoms with Gasteiger partial charge in [0.15, 0.2) is 0 Å². The second-order valence-corrected chi connectivity index (χ2v) is 7.80. The molecule has 2 atom stereocenters. The van der Waals surface area contributed by atoms with Gasteiger partial charge in [-0.3, -0.25) is 14.1 Å². The molecule has 0 aromatic heterocycles. The fourth-order valence-corrected chi connectivity index (χ4v) is 3.82. The van der Waals surface area contributed by atoms with Crippen molar-refractivity contribution < 1.29 is 13.2 Å². The summed E-state index contributed by atoms with van der Waals surface area (Å²) >= 11 is 0. The van der Waals surface area contributed by atoms with Gasteiger partial charge in [0.05, 0.1) is 31.4 Å². The Hall–Kier alpha value is -1.19. The van der Waals surface area contributed by atoms with Crippen molar-refractivity contribution in [2.24, 2.45) is 16.5 Å². The molecule has 0 aromatic rings. The Morgan fingerprint density at radius 2 is 1.86 bits per heavy atom. The molecule has 0 radical (unpaired) electrons. The van der Waals surface area contributed by atoms with Crippen LogP contribution in [0.4, 0.5) is 0 Å². The standard InChI is InChI=1S/C13H25N5O3S/c1-22(20,21)18-9-6-16-12(18)10(14)4-5-11(15)13(19)17-7-2-3-8-17/h10-11H,2-9,14-15H2,1H3. The van der Waals surface area contributed by atoms with Crippen molar-refractivity contribution in [2.45, 2.75) is 37.8 Å². The third kappa shape index (κ3) is 3.96. The first-order valence-corrected chi connectivity index (χ1v) is 9.47. The van der Waals surface area contributed by atoms with Crippen LogP contribution in [0.2, 0.25) is 0 Å². The molecule has 2 unspecified atom stereocenters. The van der Waals surface area contributed by atoms with E-state index in [1.54, 1.807) is 4.90 Å². The third-order valence-corrected chi connectivity index (χ3v) is 5.26. The average molecular weight is 331 g/mol. The van der Waals surface area contributed by atoms with E-state index in [-0.39, 0.29) is 5.91 Å². The predicted molar refractivity (Wildman–Crippen MR) is 84.9 cm³/mol. The number of sulfonamides is 1. The van der Waals surface area contributed by atoms with E-state index in [0.29, 0.717) is 31.8 Å². The molecule has 1 fully saturated rings. The molecule has 2 rings (SSSR count). The SMILES string of the molecule is CS(=O)(=O)N1CCN=C1C(N)CCC(N)C(=O)N1CCCC1. The lowest BCUT2D eigenvalue weighted by molar-refractivity contribution is -0.131. The molecule has 1 amide bonds. The van der Waals surface area contributed by atoms with Crippen LogP contribution < -0.4 is 11.5 Å². The number of carbonyl (C=O) groups is 1. The monoisotopic (exact) mass is 331 g/mol. The highest BCUT2D eigenvalue weighted by Crippen LogP contribution is 2.14. The Morgan fingerprint density at radius 3 is 2.45 bits per heavy atom. The van der Waals surface area contributed by atoms with Gasteiger partial charge in [0, 0.05) is 13.1 Å². The van der Waals surface area contributed by atoms with E-state index in [1.165, 1.54) is 4.31 Å². The van der Waals surface area contributed by atoms with Crippen molar-refractivity contribution in [1.82, 2.24) is 9.21 Å². The fourth-order valence-electron chi connectivity index (χ4n) is 2.87. The van der Waals surface area contributed by atoms with Gasteiger partial charge in [-0.05, 0) is 25.7 Å². The molecule has 8 nitrogen and oxygen atoms in total. The summed E-state index contributed by atoms with van der Waals surface area (Å²) in [5.41, 5.74) is 12.0. The van der Waals surface area contributed by atoms with Crippen molar-refractivity contribution in [3.8, 4) is 0 Å². The van der Waals surface area contributed by atoms with Crippen LogP contribution in [-0.4, -0.2) is 73.9 Å². The van der Waals surface area contributed by atoms with E-state index in [2.05, 4.69) is 4.99 Å². The maximum atomic E-state index is 12.1. The molecule has 0 bridgehead atoms. The zero-order chi connectivity index (χ0) is 16.3. The first kappa shape index (κ1) is 17.2. The summed E-state index contributed by atoms with van der Waals surface area (Å²) in [6.07, 6.45) is 4.05. The molecule has 2 aliphatic rings. The minimum absolute atomic E-state index is 0.0435. The Balaban J connectivity index is 1.87. The van der Waals surface area contributed by atoms with Crippen molar-refractivity contribution in [3.05, 3.63) is 0 Å². The normalized spacial score (nSPS) is 21.9. The molecule has 0 spiro atoms. The lowest BCUT2D eigenvalue weighted by Crippen LogP contribution is -2.46. The van der Waals surface area contributed by atoms with Crippen LogP contribution in [-0.2, 0) is 14.8 Å². The van der Waals surface area contributed by atoms with Gasteiger partial charge in [0.1, 0.15) is 5.84 Å². The minimum atomic E-state index is -3.35. The summed E-state index contributed by atoms with van der Waals surface area (Å²) in [4.78, 5) is 18.1. The van der Waals surface area contributed by atoms with Crippen LogP contribution in [0.5, 0.6) is 0 Å². The number of likely N-dealkylation sites (tertiary alicyclic amines) is 1. The maximum Gasteiger partial charge on any atom is 0.239 e. The van der Waals surface area contributed by atoms with E-state index < -0.39 is 22.1 Å². The van der Waals surface area contributed by atoms with Gasteiger partial charge >= 0.3 is 0 Å². The van der Waals surface area contributed by atoms with Gasteiger partial charge in [-0.15, -0.1) is 0 Å². The molecule has 2 aliphatic heterocycles. The number of hydrogen-bond acceptors (Lipinski definition) is 6. The largest absolute Gasteiger partial charge is 0.341 e. The van der Waals surface area contributed by atoms with Crippen LogP contribution >= 0.6 is 0 Å². The summed E-state index contributed by atoms with van der Waals surface area (Å²) in [5.74, 6) is 0.335. The van der Waals surface area contributed by atoms with Gasteiger partial charge in [-0.2, -0.15) is 0 Å². The smallest absolute Gasteiger partial charge is 0.239 e. The number of nitrogens with two attached hydrogens (primary N) is 2.